The average Bonchev–Trinajstić information content (AvgIpc) is 3.20. The molecule has 2 unspecified atom stereocenters. The Kier molecular flexibility index (Phi) is 6.51. The number of benzene rings is 2. The van der Waals surface area contributed by atoms with Crippen LogP contribution in [0.1, 0.15) is 22.0 Å². The van der Waals surface area contributed by atoms with Crippen LogP contribution in [0, 0.1) is 0 Å². The number of aliphatic hydroxyl groups excluding tert-OH is 2. The van der Waals surface area contributed by atoms with Gasteiger partial charge in [-0.25, -0.2) is 0 Å². The Morgan fingerprint density at radius 2 is 1.77 bits per heavy atom. The lowest BCUT2D eigenvalue weighted by atomic mass is 9.93. The van der Waals surface area contributed by atoms with Crippen molar-refractivity contribution in [2.45, 2.75) is 12.1 Å². The number of nitrogens with zero attached hydrogens (tertiary/aromatic N) is 2. The lowest BCUT2D eigenvalue weighted by Crippen LogP contribution is -2.51. The third kappa shape index (κ3) is 4.29. The fraction of sp³-hybridized carbons (Fsp3) is 0.348. The van der Waals surface area contributed by atoms with Gasteiger partial charge >= 0.3 is 0 Å². The lowest BCUT2D eigenvalue weighted by Gasteiger charge is -2.40. The van der Waals surface area contributed by atoms with Crippen molar-refractivity contribution in [1.82, 2.24) is 14.8 Å². The summed E-state index contributed by atoms with van der Waals surface area (Å²) in [5, 5.41) is 21.9. The number of hydrogen-bond donors (Lipinski definition) is 3. The van der Waals surface area contributed by atoms with Crippen LogP contribution in [0.3, 0.4) is 0 Å². The fourth-order valence-electron chi connectivity index (χ4n) is 4.24. The second-order valence-corrected chi connectivity index (χ2v) is 8.09. The van der Waals surface area contributed by atoms with E-state index in [2.05, 4.69) is 14.8 Å². The number of aliphatic hydroxyl groups is 2. The number of piperazine rings is 1. The molecule has 0 spiro atoms. The van der Waals surface area contributed by atoms with E-state index >= 15 is 0 Å². The second kappa shape index (κ2) is 9.29. The van der Waals surface area contributed by atoms with Crippen molar-refractivity contribution in [3.63, 3.8) is 0 Å². The van der Waals surface area contributed by atoms with Gasteiger partial charge in [0.1, 0.15) is 6.10 Å². The first kappa shape index (κ1) is 21.0. The van der Waals surface area contributed by atoms with E-state index in [0.717, 1.165) is 29.6 Å². The second-order valence-electron chi connectivity index (χ2n) is 7.65. The van der Waals surface area contributed by atoms with E-state index in [0.29, 0.717) is 30.2 Å². The number of Topliss-reactive ketones (excluding diaryl/α,β-unsaturated/α-hetero) is 1. The predicted molar refractivity (Wildman–Crippen MR) is 118 cm³/mol. The fourth-order valence-corrected chi connectivity index (χ4v) is 4.36. The lowest BCUT2D eigenvalue weighted by molar-refractivity contribution is 0.0168. The molecule has 1 aliphatic rings. The number of aromatic nitrogens is 1. The minimum absolute atomic E-state index is 0.127. The van der Waals surface area contributed by atoms with Gasteiger partial charge < -0.3 is 15.2 Å². The van der Waals surface area contributed by atoms with Gasteiger partial charge in [0, 0.05) is 60.4 Å². The van der Waals surface area contributed by atoms with Crippen molar-refractivity contribution in [1.29, 1.82) is 0 Å². The minimum atomic E-state index is -1.21. The first-order valence-corrected chi connectivity index (χ1v) is 10.6. The summed E-state index contributed by atoms with van der Waals surface area (Å²) in [4.78, 5) is 20.8. The van der Waals surface area contributed by atoms with Crippen LogP contribution in [-0.2, 0) is 0 Å². The Morgan fingerprint density at radius 1 is 1.07 bits per heavy atom. The third-order valence-electron chi connectivity index (χ3n) is 5.85. The molecule has 3 N–H and O–H groups in total. The number of β-amino-alcohol motifs (C(OH)–C–C–N with tert-alkyl or cyclic N) is 1. The number of hydrogen-bond acceptors (Lipinski definition) is 5. The van der Waals surface area contributed by atoms with Gasteiger partial charge in [0.2, 0.25) is 0 Å². The van der Waals surface area contributed by atoms with Crippen LogP contribution >= 0.6 is 11.6 Å². The number of rotatable bonds is 7. The van der Waals surface area contributed by atoms with Crippen LogP contribution in [0.25, 0.3) is 10.9 Å². The first-order chi connectivity index (χ1) is 14.6. The van der Waals surface area contributed by atoms with Crippen LogP contribution in [0.15, 0.2) is 54.7 Å². The number of carbonyl (C=O) groups is 1. The monoisotopic (exact) mass is 427 g/mol. The topological polar surface area (TPSA) is 79.8 Å². The zero-order valence-electron chi connectivity index (χ0n) is 16.7. The van der Waals surface area contributed by atoms with Crippen molar-refractivity contribution in [3.8, 4) is 0 Å². The van der Waals surface area contributed by atoms with Crippen LogP contribution in [-0.4, -0.2) is 76.2 Å². The number of halogens is 1. The Hall–Kier alpha value is -2.22. The zero-order valence-corrected chi connectivity index (χ0v) is 17.4. The molecule has 4 rings (SSSR count). The summed E-state index contributed by atoms with van der Waals surface area (Å²) in [6.07, 6.45) is 0.462. The first-order valence-electron chi connectivity index (χ1n) is 10.2. The van der Waals surface area contributed by atoms with Crippen molar-refractivity contribution in [3.05, 3.63) is 70.9 Å². The molecule has 30 heavy (non-hydrogen) atoms. The van der Waals surface area contributed by atoms with E-state index in [4.69, 9.17) is 11.6 Å². The Labute approximate surface area is 180 Å². The molecule has 0 bridgehead atoms. The molecule has 158 valence electrons. The Balaban J connectivity index is 1.63. The summed E-state index contributed by atoms with van der Waals surface area (Å²) in [5.41, 5.74) is 2.22. The van der Waals surface area contributed by atoms with Gasteiger partial charge in [-0.1, -0.05) is 41.9 Å². The van der Waals surface area contributed by atoms with Gasteiger partial charge in [-0.15, -0.1) is 0 Å². The number of nitrogens with one attached hydrogen (secondary N) is 1. The van der Waals surface area contributed by atoms with E-state index in [1.807, 2.05) is 36.4 Å². The quantitative estimate of drug-likeness (QED) is 0.505. The van der Waals surface area contributed by atoms with E-state index < -0.39 is 12.1 Å². The largest absolute Gasteiger partial charge is 0.395 e. The van der Waals surface area contributed by atoms with Crippen molar-refractivity contribution in [2.75, 3.05) is 39.3 Å². The minimum Gasteiger partial charge on any atom is -0.395 e. The average molecular weight is 428 g/mol. The molecule has 6 nitrogen and oxygen atoms in total. The Bertz CT molecular complexity index is 996. The molecule has 2 aromatic carbocycles. The molecule has 1 fully saturated rings. The van der Waals surface area contributed by atoms with Crippen molar-refractivity contribution in [2.24, 2.45) is 0 Å². The SMILES string of the molecule is O=C(c1c[nH]c2ccccc12)C(O)C(c1ccc(Cl)cc1)N1CCN(CCO)CC1. The highest BCUT2D eigenvalue weighted by Gasteiger charge is 2.35. The maximum atomic E-state index is 13.3. The van der Waals surface area contributed by atoms with Gasteiger partial charge in [-0.2, -0.15) is 0 Å². The van der Waals surface area contributed by atoms with E-state index in [1.54, 1.807) is 18.3 Å². The van der Waals surface area contributed by atoms with E-state index in [-0.39, 0.29) is 12.4 Å². The summed E-state index contributed by atoms with van der Waals surface area (Å²) in [6, 6.07) is 14.4. The number of H-pyrrole nitrogens is 1. The summed E-state index contributed by atoms with van der Waals surface area (Å²) in [7, 11) is 0. The number of ketones is 1. The van der Waals surface area contributed by atoms with Crippen molar-refractivity contribution >= 4 is 28.3 Å². The summed E-state index contributed by atoms with van der Waals surface area (Å²) in [5.74, 6) is -0.301. The molecule has 0 saturated carbocycles. The molecule has 1 aromatic heterocycles. The smallest absolute Gasteiger partial charge is 0.195 e. The summed E-state index contributed by atoms with van der Waals surface area (Å²) < 4.78 is 0. The van der Waals surface area contributed by atoms with Gasteiger partial charge in [-0.3, -0.25) is 14.6 Å². The molecule has 0 aliphatic carbocycles. The van der Waals surface area contributed by atoms with Crippen LogP contribution in [0.2, 0.25) is 5.02 Å². The summed E-state index contributed by atoms with van der Waals surface area (Å²) >= 11 is 6.07. The molecular formula is C23H26ClN3O3. The number of fused-ring (bicyclic) bond motifs is 1. The molecule has 2 atom stereocenters. The molecule has 2 heterocycles. The molecule has 0 amide bonds. The molecule has 1 aliphatic heterocycles. The maximum Gasteiger partial charge on any atom is 0.195 e. The molecule has 3 aromatic rings. The van der Waals surface area contributed by atoms with Gasteiger partial charge in [0.25, 0.3) is 0 Å². The highest BCUT2D eigenvalue weighted by Crippen LogP contribution is 2.30. The van der Waals surface area contributed by atoms with Gasteiger partial charge in [0.05, 0.1) is 12.6 Å². The summed E-state index contributed by atoms with van der Waals surface area (Å²) in [6.45, 7) is 3.72. The van der Waals surface area contributed by atoms with Crippen LogP contribution < -0.4 is 0 Å². The maximum absolute atomic E-state index is 13.3. The van der Waals surface area contributed by atoms with Gasteiger partial charge in [-0.05, 0) is 23.8 Å². The highest BCUT2D eigenvalue weighted by molar-refractivity contribution is 6.30. The Morgan fingerprint density at radius 3 is 2.47 bits per heavy atom. The molecule has 7 heteroatoms. The predicted octanol–water partition coefficient (Wildman–Crippen LogP) is 2.72. The van der Waals surface area contributed by atoms with Crippen LogP contribution in [0.4, 0.5) is 0 Å². The zero-order chi connectivity index (χ0) is 21.1. The third-order valence-corrected chi connectivity index (χ3v) is 6.10. The van der Waals surface area contributed by atoms with Gasteiger partial charge in [0.15, 0.2) is 5.78 Å². The van der Waals surface area contributed by atoms with Crippen LogP contribution in [0.5, 0.6) is 0 Å². The van der Waals surface area contributed by atoms with E-state index in [1.165, 1.54) is 0 Å². The molecular weight excluding hydrogens is 402 g/mol. The highest BCUT2D eigenvalue weighted by atomic mass is 35.5. The molecule has 0 radical (unpaired) electrons. The van der Waals surface area contributed by atoms with E-state index in [9.17, 15) is 15.0 Å². The normalized spacial score (nSPS) is 17.8. The number of aromatic amines is 1. The standard InChI is InChI=1S/C23H26ClN3O3/c24-17-7-5-16(6-8-17)21(27-11-9-26(10-12-27)13-14-28)23(30)22(29)19-15-25-20-4-2-1-3-18(19)20/h1-8,15,21,23,25,28,30H,9-14H2. The molecule has 1 saturated heterocycles. The number of carbonyl (C=O) groups excluding carboxylic acids is 1. The number of para-hydroxylation sites is 1. The van der Waals surface area contributed by atoms with Crippen molar-refractivity contribution < 1.29 is 15.0 Å².